The van der Waals surface area contributed by atoms with Crippen LogP contribution < -0.4 is 10.6 Å². The normalized spacial score (nSPS) is 17.5. The van der Waals surface area contributed by atoms with Gasteiger partial charge in [0.1, 0.15) is 4.83 Å². The number of aromatic nitrogens is 2. The van der Waals surface area contributed by atoms with Gasteiger partial charge in [-0.2, -0.15) is 5.10 Å². The molecule has 24 heavy (non-hydrogen) atoms. The zero-order valence-electron chi connectivity index (χ0n) is 13.2. The molecule has 2 N–H and O–H groups in total. The van der Waals surface area contributed by atoms with Crippen LogP contribution in [0.25, 0.3) is 15.9 Å². The number of halogens is 1. The topological polar surface area (TPSA) is 59.0 Å². The maximum atomic E-state index is 12.5. The molecule has 4 rings (SSSR count). The Hall–Kier alpha value is -1.89. The van der Waals surface area contributed by atoms with E-state index in [1.54, 1.807) is 0 Å². The number of aryl methyl sites for hydroxylation is 1. The van der Waals surface area contributed by atoms with Crippen LogP contribution in [0.1, 0.15) is 21.8 Å². The van der Waals surface area contributed by atoms with Crippen LogP contribution in [0, 0.1) is 6.92 Å². The van der Waals surface area contributed by atoms with Crippen molar-refractivity contribution < 1.29 is 4.79 Å². The molecule has 0 spiro atoms. The molecular formula is C17H17ClN4OS. The van der Waals surface area contributed by atoms with Crippen LogP contribution in [0.5, 0.6) is 0 Å². The third-order valence-corrected chi connectivity index (χ3v) is 5.67. The quantitative estimate of drug-likeness (QED) is 0.754. The minimum atomic E-state index is -0.0185. The Balaban J connectivity index is 1.72. The number of amides is 1. The van der Waals surface area contributed by atoms with Gasteiger partial charge in [0, 0.05) is 18.0 Å². The fourth-order valence-corrected chi connectivity index (χ4v) is 4.27. The monoisotopic (exact) mass is 360 g/mol. The summed E-state index contributed by atoms with van der Waals surface area (Å²) >= 11 is 7.76. The summed E-state index contributed by atoms with van der Waals surface area (Å²) in [4.78, 5) is 14.2. The Bertz CT molecular complexity index is 911. The van der Waals surface area contributed by atoms with E-state index in [-0.39, 0.29) is 11.9 Å². The average Bonchev–Trinajstić information content (AvgIpc) is 3.27. The van der Waals surface area contributed by atoms with Crippen molar-refractivity contribution in [2.45, 2.75) is 19.4 Å². The van der Waals surface area contributed by atoms with Gasteiger partial charge in [-0.3, -0.25) is 4.79 Å². The van der Waals surface area contributed by atoms with E-state index in [0.717, 1.165) is 41.1 Å². The lowest BCUT2D eigenvalue weighted by Crippen LogP contribution is -2.35. The Morgan fingerprint density at radius 2 is 2.29 bits per heavy atom. The summed E-state index contributed by atoms with van der Waals surface area (Å²) in [5.74, 6) is -0.0185. The van der Waals surface area contributed by atoms with Crippen molar-refractivity contribution in [2.24, 2.45) is 0 Å². The van der Waals surface area contributed by atoms with Crippen molar-refractivity contribution in [1.82, 2.24) is 20.4 Å². The maximum absolute atomic E-state index is 12.5. The van der Waals surface area contributed by atoms with Gasteiger partial charge in [0.05, 0.1) is 21.3 Å². The first-order valence-electron chi connectivity index (χ1n) is 7.89. The molecule has 0 bridgehead atoms. The van der Waals surface area contributed by atoms with Crippen molar-refractivity contribution in [3.05, 3.63) is 45.9 Å². The molecule has 0 aliphatic carbocycles. The predicted molar refractivity (Wildman–Crippen MR) is 97.4 cm³/mol. The number of hydrogen-bond donors (Lipinski definition) is 2. The van der Waals surface area contributed by atoms with E-state index < -0.39 is 0 Å². The Kier molecular flexibility index (Phi) is 4.04. The van der Waals surface area contributed by atoms with E-state index in [0.29, 0.717) is 9.90 Å². The van der Waals surface area contributed by atoms with E-state index in [4.69, 9.17) is 11.6 Å². The minimum absolute atomic E-state index is 0.0185. The van der Waals surface area contributed by atoms with Crippen molar-refractivity contribution in [3.63, 3.8) is 0 Å². The molecule has 1 unspecified atom stereocenters. The molecule has 3 heterocycles. The number of rotatable bonds is 3. The third kappa shape index (κ3) is 2.70. The fraction of sp³-hybridized carbons (Fsp3) is 0.294. The molecule has 3 aromatic rings. The second-order valence-electron chi connectivity index (χ2n) is 5.94. The van der Waals surface area contributed by atoms with E-state index in [2.05, 4.69) is 15.7 Å². The highest BCUT2D eigenvalue weighted by molar-refractivity contribution is 7.20. The lowest BCUT2D eigenvalue weighted by Gasteiger charge is -2.09. The van der Waals surface area contributed by atoms with Crippen molar-refractivity contribution in [3.8, 4) is 5.69 Å². The zero-order chi connectivity index (χ0) is 16.7. The second kappa shape index (κ2) is 6.20. The van der Waals surface area contributed by atoms with Crippen LogP contribution >= 0.6 is 22.9 Å². The summed E-state index contributed by atoms with van der Waals surface area (Å²) in [6, 6.07) is 9.73. The molecule has 1 aliphatic heterocycles. The van der Waals surface area contributed by atoms with Crippen molar-refractivity contribution >= 4 is 39.1 Å². The molecule has 124 valence electrons. The Morgan fingerprint density at radius 3 is 3.04 bits per heavy atom. The lowest BCUT2D eigenvalue weighted by molar-refractivity contribution is 0.0944. The molecule has 1 amide bonds. The SMILES string of the molecule is Cc1nn(-c2ccccc2Cl)c2sc(C(=O)NC3CCNC3)cc12. The summed E-state index contributed by atoms with van der Waals surface area (Å²) in [7, 11) is 0. The molecule has 1 aliphatic rings. The van der Waals surface area contributed by atoms with Crippen LogP contribution in [0.3, 0.4) is 0 Å². The maximum Gasteiger partial charge on any atom is 0.261 e. The first-order valence-corrected chi connectivity index (χ1v) is 9.08. The van der Waals surface area contributed by atoms with Crippen LogP contribution in [-0.2, 0) is 0 Å². The average molecular weight is 361 g/mol. The van der Waals surface area contributed by atoms with E-state index in [1.165, 1.54) is 11.3 Å². The fourth-order valence-electron chi connectivity index (χ4n) is 2.98. The summed E-state index contributed by atoms with van der Waals surface area (Å²) in [6.07, 6.45) is 0.975. The van der Waals surface area contributed by atoms with Gasteiger partial charge in [0.2, 0.25) is 0 Å². The van der Waals surface area contributed by atoms with Crippen LogP contribution in [-0.4, -0.2) is 34.8 Å². The number of nitrogens with one attached hydrogen (secondary N) is 2. The van der Waals surface area contributed by atoms with Crippen molar-refractivity contribution in [1.29, 1.82) is 0 Å². The number of carbonyl (C=O) groups is 1. The first-order chi connectivity index (χ1) is 11.6. The Labute approximate surface area is 148 Å². The molecular weight excluding hydrogens is 344 g/mol. The van der Waals surface area contributed by atoms with Gasteiger partial charge in [0.25, 0.3) is 5.91 Å². The van der Waals surface area contributed by atoms with E-state index >= 15 is 0 Å². The predicted octanol–water partition coefficient (Wildman–Crippen LogP) is 3.14. The van der Waals surface area contributed by atoms with Crippen LogP contribution in [0.15, 0.2) is 30.3 Å². The Morgan fingerprint density at radius 1 is 1.46 bits per heavy atom. The number of thiophene rings is 1. The molecule has 0 saturated carbocycles. The molecule has 0 radical (unpaired) electrons. The minimum Gasteiger partial charge on any atom is -0.347 e. The molecule has 1 aromatic carbocycles. The first kappa shape index (κ1) is 15.6. The number of fused-ring (bicyclic) bond motifs is 1. The number of para-hydroxylation sites is 1. The summed E-state index contributed by atoms with van der Waals surface area (Å²) in [6.45, 7) is 3.74. The highest BCUT2D eigenvalue weighted by atomic mass is 35.5. The van der Waals surface area contributed by atoms with Gasteiger partial charge in [-0.15, -0.1) is 11.3 Å². The zero-order valence-corrected chi connectivity index (χ0v) is 14.7. The van der Waals surface area contributed by atoms with Gasteiger partial charge in [-0.25, -0.2) is 4.68 Å². The number of carbonyl (C=O) groups excluding carboxylic acids is 1. The highest BCUT2D eigenvalue weighted by Gasteiger charge is 2.21. The highest BCUT2D eigenvalue weighted by Crippen LogP contribution is 2.32. The van der Waals surface area contributed by atoms with Crippen LogP contribution in [0.4, 0.5) is 0 Å². The van der Waals surface area contributed by atoms with Gasteiger partial charge in [0.15, 0.2) is 0 Å². The molecule has 2 aromatic heterocycles. The van der Waals surface area contributed by atoms with Gasteiger partial charge in [-0.05, 0) is 38.1 Å². The van der Waals surface area contributed by atoms with Gasteiger partial charge < -0.3 is 10.6 Å². The van der Waals surface area contributed by atoms with E-state index in [1.807, 2.05) is 41.9 Å². The molecule has 1 atom stereocenters. The van der Waals surface area contributed by atoms with Crippen molar-refractivity contribution in [2.75, 3.05) is 13.1 Å². The second-order valence-corrected chi connectivity index (χ2v) is 7.38. The standard InChI is InChI=1S/C17H17ClN4OS/c1-10-12-8-15(16(23)20-11-6-7-19-9-11)24-17(12)22(21-10)14-5-3-2-4-13(14)18/h2-5,8,11,19H,6-7,9H2,1H3,(H,20,23). The summed E-state index contributed by atoms with van der Waals surface area (Å²) in [5, 5.41) is 12.6. The molecule has 1 saturated heterocycles. The third-order valence-electron chi connectivity index (χ3n) is 4.24. The summed E-state index contributed by atoms with van der Waals surface area (Å²) < 4.78 is 1.82. The molecule has 1 fully saturated rings. The largest absolute Gasteiger partial charge is 0.347 e. The number of benzene rings is 1. The molecule has 7 heteroatoms. The van der Waals surface area contributed by atoms with Crippen LogP contribution in [0.2, 0.25) is 5.02 Å². The molecule has 5 nitrogen and oxygen atoms in total. The lowest BCUT2D eigenvalue weighted by atomic mass is 10.2. The smallest absolute Gasteiger partial charge is 0.261 e. The van der Waals surface area contributed by atoms with Gasteiger partial charge in [-0.1, -0.05) is 23.7 Å². The summed E-state index contributed by atoms with van der Waals surface area (Å²) in [5.41, 5.74) is 1.72. The number of hydrogen-bond acceptors (Lipinski definition) is 4. The van der Waals surface area contributed by atoms with E-state index in [9.17, 15) is 4.79 Å². The number of nitrogens with zero attached hydrogens (tertiary/aromatic N) is 2. The van der Waals surface area contributed by atoms with Gasteiger partial charge >= 0.3 is 0 Å².